The van der Waals surface area contributed by atoms with Gasteiger partial charge in [0.1, 0.15) is 5.82 Å². The van der Waals surface area contributed by atoms with Crippen molar-refractivity contribution in [1.29, 1.82) is 0 Å². The first-order valence-corrected chi connectivity index (χ1v) is 10.8. The third-order valence-electron chi connectivity index (χ3n) is 4.58. The number of hydrogen-bond acceptors (Lipinski definition) is 5. The van der Waals surface area contributed by atoms with Crippen LogP contribution in [0.4, 0.5) is 11.5 Å². The molecule has 2 aromatic rings. The molecule has 144 valence electrons. The summed E-state index contributed by atoms with van der Waals surface area (Å²) in [4.78, 5) is 20.9. The lowest BCUT2D eigenvalue weighted by atomic mass is 10.2. The van der Waals surface area contributed by atoms with Gasteiger partial charge >= 0.3 is 0 Å². The van der Waals surface area contributed by atoms with Gasteiger partial charge in [0.2, 0.25) is 15.9 Å². The van der Waals surface area contributed by atoms with E-state index in [4.69, 9.17) is 0 Å². The number of amides is 1. The van der Waals surface area contributed by atoms with Crippen molar-refractivity contribution < 1.29 is 13.2 Å². The van der Waals surface area contributed by atoms with Crippen molar-refractivity contribution in [2.24, 2.45) is 0 Å². The van der Waals surface area contributed by atoms with E-state index in [1.165, 1.54) is 4.31 Å². The van der Waals surface area contributed by atoms with Gasteiger partial charge in [-0.15, -0.1) is 0 Å². The Balaban J connectivity index is 1.56. The number of piperazine rings is 1. The van der Waals surface area contributed by atoms with E-state index >= 15 is 0 Å². The largest absolute Gasteiger partial charge is 0.353 e. The molecular weight excluding hydrogens is 364 g/mol. The normalized spacial score (nSPS) is 14.9. The van der Waals surface area contributed by atoms with Crippen LogP contribution in [0.5, 0.6) is 0 Å². The monoisotopic (exact) mass is 388 g/mol. The van der Waals surface area contributed by atoms with Crippen LogP contribution in [0.1, 0.15) is 6.42 Å². The van der Waals surface area contributed by atoms with Crippen LogP contribution in [0, 0.1) is 0 Å². The molecule has 0 radical (unpaired) electrons. The van der Waals surface area contributed by atoms with Crippen molar-refractivity contribution in [2.45, 2.75) is 6.42 Å². The van der Waals surface area contributed by atoms with Crippen LogP contribution in [0.2, 0.25) is 0 Å². The third-order valence-corrected chi connectivity index (χ3v) is 5.77. The summed E-state index contributed by atoms with van der Waals surface area (Å²) in [6, 6.07) is 14.6. The minimum absolute atomic E-state index is 0.0275. The summed E-state index contributed by atoms with van der Waals surface area (Å²) in [6.45, 7) is 2.80. The zero-order chi connectivity index (χ0) is 19.3. The van der Waals surface area contributed by atoms with Crippen molar-refractivity contribution in [1.82, 2.24) is 9.88 Å². The van der Waals surface area contributed by atoms with Gasteiger partial charge in [-0.25, -0.2) is 13.4 Å². The zero-order valence-electron chi connectivity index (χ0n) is 15.4. The molecule has 0 saturated carbocycles. The van der Waals surface area contributed by atoms with Gasteiger partial charge in [-0.3, -0.25) is 9.10 Å². The molecule has 0 atom stereocenters. The third kappa shape index (κ3) is 4.97. The molecule has 1 aromatic heterocycles. The van der Waals surface area contributed by atoms with Crippen LogP contribution in [0.25, 0.3) is 0 Å². The van der Waals surface area contributed by atoms with Gasteiger partial charge in [0.15, 0.2) is 0 Å². The first-order chi connectivity index (χ1) is 12.9. The van der Waals surface area contributed by atoms with E-state index in [0.717, 1.165) is 25.2 Å². The highest BCUT2D eigenvalue weighted by Gasteiger charge is 2.24. The number of aromatic nitrogens is 1. The molecule has 2 heterocycles. The zero-order valence-corrected chi connectivity index (χ0v) is 16.2. The molecular formula is C19H24N4O3S. The summed E-state index contributed by atoms with van der Waals surface area (Å²) in [5.41, 5.74) is 0.577. The number of carbonyl (C=O) groups excluding carboxylic acids is 1. The van der Waals surface area contributed by atoms with E-state index in [1.54, 1.807) is 35.4 Å². The Labute approximate surface area is 160 Å². The SMILES string of the molecule is CS(=O)(=O)N(CCC(=O)N1CCN(c2ccccn2)CC1)c1ccccc1. The summed E-state index contributed by atoms with van der Waals surface area (Å²) >= 11 is 0. The van der Waals surface area contributed by atoms with Crippen molar-refractivity contribution in [3.63, 3.8) is 0 Å². The molecule has 1 amide bonds. The lowest BCUT2D eigenvalue weighted by Gasteiger charge is -2.35. The van der Waals surface area contributed by atoms with Gasteiger partial charge in [0, 0.05) is 45.3 Å². The fourth-order valence-corrected chi connectivity index (χ4v) is 4.09. The summed E-state index contributed by atoms with van der Waals surface area (Å²) < 4.78 is 25.5. The molecule has 3 rings (SSSR count). The van der Waals surface area contributed by atoms with Crippen LogP contribution in [-0.2, 0) is 14.8 Å². The number of anilines is 2. The van der Waals surface area contributed by atoms with Crippen LogP contribution in [0.15, 0.2) is 54.7 Å². The number of nitrogens with zero attached hydrogens (tertiary/aromatic N) is 4. The Morgan fingerprint density at radius 1 is 1.04 bits per heavy atom. The van der Waals surface area contributed by atoms with Gasteiger partial charge in [0.25, 0.3) is 0 Å². The highest BCUT2D eigenvalue weighted by Crippen LogP contribution is 2.18. The summed E-state index contributed by atoms with van der Waals surface area (Å²) in [6.07, 6.45) is 3.08. The number of benzene rings is 1. The number of pyridine rings is 1. The molecule has 1 aliphatic heterocycles. The maximum absolute atomic E-state index is 12.6. The van der Waals surface area contributed by atoms with E-state index in [9.17, 15) is 13.2 Å². The molecule has 1 saturated heterocycles. The van der Waals surface area contributed by atoms with E-state index in [2.05, 4.69) is 9.88 Å². The van der Waals surface area contributed by atoms with Gasteiger partial charge in [-0.2, -0.15) is 0 Å². The first-order valence-electron chi connectivity index (χ1n) is 8.91. The minimum Gasteiger partial charge on any atom is -0.353 e. The van der Waals surface area contributed by atoms with E-state index < -0.39 is 10.0 Å². The Kier molecular flexibility index (Phi) is 5.95. The number of carbonyl (C=O) groups is 1. The van der Waals surface area contributed by atoms with Crippen molar-refractivity contribution >= 4 is 27.4 Å². The van der Waals surface area contributed by atoms with Crippen molar-refractivity contribution in [3.05, 3.63) is 54.7 Å². The van der Waals surface area contributed by atoms with Crippen molar-refractivity contribution in [3.8, 4) is 0 Å². The standard InChI is InChI=1S/C19H24N4O3S/c1-27(25,26)23(17-7-3-2-4-8-17)12-10-19(24)22-15-13-21(14-16-22)18-9-5-6-11-20-18/h2-9,11H,10,12-16H2,1H3. The quantitative estimate of drug-likeness (QED) is 0.751. The number of sulfonamides is 1. The molecule has 0 bridgehead atoms. The molecule has 1 fully saturated rings. The lowest BCUT2D eigenvalue weighted by Crippen LogP contribution is -2.49. The number of para-hydroxylation sites is 1. The average molecular weight is 388 g/mol. The molecule has 1 aromatic carbocycles. The Bertz CT molecular complexity index is 851. The fourth-order valence-electron chi connectivity index (χ4n) is 3.16. The highest BCUT2D eigenvalue weighted by atomic mass is 32.2. The smallest absolute Gasteiger partial charge is 0.232 e. The second kappa shape index (κ2) is 8.39. The predicted octanol–water partition coefficient (Wildman–Crippen LogP) is 1.59. The number of rotatable bonds is 6. The molecule has 7 nitrogen and oxygen atoms in total. The predicted molar refractivity (Wildman–Crippen MR) is 106 cm³/mol. The maximum atomic E-state index is 12.6. The van der Waals surface area contributed by atoms with Crippen molar-refractivity contribution in [2.75, 3.05) is 48.2 Å². The van der Waals surface area contributed by atoms with Gasteiger partial charge in [-0.05, 0) is 24.3 Å². The lowest BCUT2D eigenvalue weighted by molar-refractivity contribution is -0.131. The van der Waals surface area contributed by atoms with Gasteiger partial charge < -0.3 is 9.80 Å². The average Bonchev–Trinajstić information content (AvgIpc) is 2.68. The highest BCUT2D eigenvalue weighted by molar-refractivity contribution is 7.92. The van der Waals surface area contributed by atoms with E-state index in [0.29, 0.717) is 18.8 Å². The van der Waals surface area contributed by atoms with Crippen LogP contribution < -0.4 is 9.21 Å². The van der Waals surface area contributed by atoms with Crippen LogP contribution >= 0.6 is 0 Å². The molecule has 0 aliphatic carbocycles. The van der Waals surface area contributed by atoms with E-state index in [-0.39, 0.29) is 18.9 Å². The summed E-state index contributed by atoms with van der Waals surface area (Å²) in [7, 11) is -3.44. The molecule has 0 unspecified atom stereocenters. The number of hydrogen-bond donors (Lipinski definition) is 0. The molecule has 1 aliphatic rings. The van der Waals surface area contributed by atoms with E-state index in [1.807, 2.05) is 24.3 Å². The molecule has 0 spiro atoms. The Morgan fingerprint density at radius 3 is 2.30 bits per heavy atom. The topological polar surface area (TPSA) is 73.8 Å². The second-order valence-electron chi connectivity index (χ2n) is 6.48. The van der Waals surface area contributed by atoms with Crippen LogP contribution in [0.3, 0.4) is 0 Å². The summed E-state index contributed by atoms with van der Waals surface area (Å²) in [5, 5.41) is 0. The minimum atomic E-state index is -3.44. The Morgan fingerprint density at radius 2 is 1.70 bits per heavy atom. The van der Waals surface area contributed by atoms with Crippen LogP contribution in [-0.4, -0.2) is 63.2 Å². The molecule has 27 heavy (non-hydrogen) atoms. The summed E-state index contributed by atoms with van der Waals surface area (Å²) in [5.74, 6) is 0.886. The van der Waals surface area contributed by atoms with Gasteiger partial charge in [0.05, 0.1) is 11.9 Å². The first kappa shape index (κ1) is 19.2. The second-order valence-corrected chi connectivity index (χ2v) is 8.38. The Hall–Kier alpha value is -2.61. The fraction of sp³-hybridized carbons (Fsp3) is 0.368. The molecule has 0 N–H and O–H groups in total. The molecule has 8 heteroatoms. The maximum Gasteiger partial charge on any atom is 0.232 e. The van der Waals surface area contributed by atoms with Gasteiger partial charge in [-0.1, -0.05) is 24.3 Å².